The number of carbonyl (C=O) groups is 1. The average molecular weight is 395 g/mol. The number of fused-ring (bicyclic) bond motifs is 2. The van der Waals surface area contributed by atoms with Gasteiger partial charge in [-0.05, 0) is 31.2 Å². The molecule has 0 saturated carbocycles. The van der Waals surface area contributed by atoms with Gasteiger partial charge >= 0.3 is 0 Å². The lowest BCUT2D eigenvalue weighted by Crippen LogP contribution is -2.13. The first kappa shape index (κ1) is 17.5. The molecule has 0 bridgehead atoms. The van der Waals surface area contributed by atoms with Crippen LogP contribution in [0.15, 0.2) is 78.9 Å². The molecule has 0 aliphatic heterocycles. The van der Waals surface area contributed by atoms with Crippen molar-refractivity contribution in [2.75, 3.05) is 5.32 Å². The van der Waals surface area contributed by atoms with Crippen molar-refractivity contribution >= 4 is 43.5 Å². The third-order valence-corrected chi connectivity index (χ3v) is 5.77. The number of pyridine rings is 1. The lowest BCUT2D eigenvalue weighted by molar-refractivity contribution is 0.102. The van der Waals surface area contributed by atoms with Gasteiger partial charge in [-0.25, -0.2) is 9.97 Å². The van der Waals surface area contributed by atoms with Gasteiger partial charge in [-0.3, -0.25) is 10.1 Å². The molecule has 0 spiro atoms. The summed E-state index contributed by atoms with van der Waals surface area (Å²) in [5.74, 6) is -0.184. The monoisotopic (exact) mass is 395 g/mol. The van der Waals surface area contributed by atoms with Gasteiger partial charge in [0.1, 0.15) is 0 Å². The van der Waals surface area contributed by atoms with Crippen molar-refractivity contribution in [1.29, 1.82) is 0 Å². The fourth-order valence-corrected chi connectivity index (χ4v) is 4.19. The highest BCUT2D eigenvalue weighted by Crippen LogP contribution is 2.28. The quantitative estimate of drug-likeness (QED) is 0.403. The van der Waals surface area contributed by atoms with E-state index in [0.29, 0.717) is 10.7 Å². The van der Waals surface area contributed by atoms with Crippen molar-refractivity contribution in [2.24, 2.45) is 0 Å². The summed E-state index contributed by atoms with van der Waals surface area (Å²) in [5.41, 5.74) is 5.20. The van der Waals surface area contributed by atoms with Gasteiger partial charge < -0.3 is 0 Å². The number of amides is 1. The van der Waals surface area contributed by atoms with E-state index in [-0.39, 0.29) is 5.91 Å². The smallest absolute Gasteiger partial charge is 0.258 e. The predicted molar refractivity (Wildman–Crippen MR) is 119 cm³/mol. The molecular weight excluding hydrogens is 378 g/mol. The van der Waals surface area contributed by atoms with Gasteiger partial charge in [0.05, 0.1) is 27.0 Å². The van der Waals surface area contributed by atoms with Crippen molar-refractivity contribution in [3.8, 4) is 11.3 Å². The number of para-hydroxylation sites is 2. The van der Waals surface area contributed by atoms with Gasteiger partial charge in [-0.15, -0.1) is 0 Å². The maximum atomic E-state index is 13.2. The summed E-state index contributed by atoms with van der Waals surface area (Å²) in [6, 6.07) is 25.6. The minimum Gasteiger partial charge on any atom is -0.298 e. The van der Waals surface area contributed by atoms with E-state index < -0.39 is 0 Å². The van der Waals surface area contributed by atoms with E-state index in [4.69, 9.17) is 4.98 Å². The van der Waals surface area contributed by atoms with Crippen LogP contribution in [0.4, 0.5) is 5.13 Å². The van der Waals surface area contributed by atoms with E-state index in [1.807, 2.05) is 78.9 Å². The number of carbonyl (C=O) groups excluding carboxylic acids is 1. The van der Waals surface area contributed by atoms with Crippen LogP contribution in [-0.4, -0.2) is 15.9 Å². The number of aryl methyl sites for hydroxylation is 1. The Kier molecular flexibility index (Phi) is 4.30. The average Bonchev–Trinajstić information content (AvgIpc) is 3.15. The van der Waals surface area contributed by atoms with Crippen LogP contribution in [-0.2, 0) is 0 Å². The fraction of sp³-hybridized carbons (Fsp3) is 0.0417. The number of thiazole rings is 1. The van der Waals surface area contributed by atoms with E-state index in [0.717, 1.165) is 32.4 Å². The molecule has 0 unspecified atom stereocenters. The number of hydrogen-bond acceptors (Lipinski definition) is 4. The van der Waals surface area contributed by atoms with Crippen molar-refractivity contribution in [1.82, 2.24) is 9.97 Å². The Hall–Kier alpha value is -3.57. The highest BCUT2D eigenvalue weighted by molar-refractivity contribution is 7.22. The largest absolute Gasteiger partial charge is 0.298 e. The maximum absolute atomic E-state index is 13.2. The number of nitrogens with zero attached hydrogens (tertiary/aromatic N) is 2. The molecule has 0 aliphatic carbocycles. The molecule has 1 N–H and O–H groups in total. The first-order valence-corrected chi connectivity index (χ1v) is 10.1. The van der Waals surface area contributed by atoms with Crippen LogP contribution >= 0.6 is 11.3 Å². The van der Waals surface area contributed by atoms with Gasteiger partial charge in [0, 0.05) is 10.9 Å². The molecule has 3 aromatic carbocycles. The van der Waals surface area contributed by atoms with Gasteiger partial charge in [0.2, 0.25) is 0 Å². The zero-order valence-electron chi connectivity index (χ0n) is 15.7. The van der Waals surface area contributed by atoms with Crippen LogP contribution in [0.1, 0.15) is 15.9 Å². The number of hydrogen-bond donors (Lipinski definition) is 1. The zero-order chi connectivity index (χ0) is 19.8. The molecule has 5 heteroatoms. The Morgan fingerprint density at radius 3 is 2.38 bits per heavy atom. The summed E-state index contributed by atoms with van der Waals surface area (Å²) in [7, 11) is 0. The second-order valence-corrected chi connectivity index (χ2v) is 7.91. The normalized spacial score (nSPS) is 11.1. The Labute approximate surface area is 171 Å². The topological polar surface area (TPSA) is 54.9 Å². The molecule has 5 rings (SSSR count). The van der Waals surface area contributed by atoms with Crippen LogP contribution in [0.3, 0.4) is 0 Å². The summed E-state index contributed by atoms with van der Waals surface area (Å²) >= 11 is 1.47. The van der Waals surface area contributed by atoms with Crippen molar-refractivity contribution in [3.05, 3.63) is 90.0 Å². The van der Waals surface area contributed by atoms with E-state index in [1.165, 1.54) is 16.9 Å². The van der Waals surface area contributed by atoms with Gasteiger partial charge in [0.25, 0.3) is 5.91 Å². The van der Waals surface area contributed by atoms with E-state index >= 15 is 0 Å². The minimum atomic E-state index is -0.184. The molecule has 1 amide bonds. The molecule has 0 radical (unpaired) electrons. The van der Waals surface area contributed by atoms with Crippen molar-refractivity contribution in [3.63, 3.8) is 0 Å². The number of anilines is 1. The van der Waals surface area contributed by atoms with Crippen LogP contribution in [0.2, 0.25) is 0 Å². The third-order valence-electron chi connectivity index (χ3n) is 4.82. The molecule has 29 heavy (non-hydrogen) atoms. The van der Waals surface area contributed by atoms with Gasteiger partial charge in [-0.2, -0.15) is 0 Å². The molecule has 2 aromatic heterocycles. The summed E-state index contributed by atoms with van der Waals surface area (Å²) in [4.78, 5) is 22.5. The second-order valence-electron chi connectivity index (χ2n) is 6.88. The Bertz CT molecular complexity index is 1320. The molecule has 0 fully saturated rings. The lowest BCUT2D eigenvalue weighted by Gasteiger charge is -2.10. The minimum absolute atomic E-state index is 0.184. The molecule has 5 aromatic rings. The molecule has 0 saturated heterocycles. The number of benzene rings is 3. The Morgan fingerprint density at radius 1 is 0.862 bits per heavy atom. The molecule has 0 aliphatic rings. The van der Waals surface area contributed by atoms with E-state index in [1.54, 1.807) is 0 Å². The molecule has 2 heterocycles. The van der Waals surface area contributed by atoms with E-state index in [2.05, 4.69) is 17.2 Å². The zero-order valence-corrected chi connectivity index (χ0v) is 16.5. The van der Waals surface area contributed by atoms with Gasteiger partial charge in [0.15, 0.2) is 5.13 Å². The fourth-order valence-electron chi connectivity index (χ4n) is 3.33. The SMILES string of the molecule is Cc1ccc(-c2cc(C(=O)Nc3nc4ccccc4s3)c3ccccc3n2)cc1. The van der Waals surface area contributed by atoms with Crippen LogP contribution in [0.25, 0.3) is 32.4 Å². The van der Waals surface area contributed by atoms with Gasteiger partial charge in [-0.1, -0.05) is 71.5 Å². The number of nitrogens with one attached hydrogen (secondary N) is 1. The number of aromatic nitrogens is 2. The van der Waals surface area contributed by atoms with Crippen LogP contribution < -0.4 is 5.32 Å². The molecule has 140 valence electrons. The van der Waals surface area contributed by atoms with Crippen LogP contribution in [0, 0.1) is 6.92 Å². The molecular formula is C24H17N3OS. The lowest BCUT2D eigenvalue weighted by atomic mass is 10.0. The van der Waals surface area contributed by atoms with E-state index in [9.17, 15) is 4.79 Å². The third kappa shape index (κ3) is 3.37. The second kappa shape index (κ2) is 7.11. The maximum Gasteiger partial charge on any atom is 0.258 e. The highest BCUT2D eigenvalue weighted by atomic mass is 32.1. The summed E-state index contributed by atoms with van der Waals surface area (Å²) in [6.07, 6.45) is 0. The highest BCUT2D eigenvalue weighted by Gasteiger charge is 2.16. The first-order chi connectivity index (χ1) is 14.2. The summed E-state index contributed by atoms with van der Waals surface area (Å²) in [5, 5.41) is 4.38. The first-order valence-electron chi connectivity index (χ1n) is 9.31. The number of rotatable bonds is 3. The standard InChI is InChI=1S/C24H17N3OS/c1-15-10-12-16(13-11-15)21-14-18(17-6-2-3-7-19(17)25-21)23(28)27-24-26-20-8-4-5-9-22(20)29-24/h2-14H,1H3,(H,26,27,28). The van der Waals surface area contributed by atoms with Crippen molar-refractivity contribution < 1.29 is 4.79 Å². The van der Waals surface area contributed by atoms with Crippen molar-refractivity contribution in [2.45, 2.75) is 6.92 Å². The summed E-state index contributed by atoms with van der Waals surface area (Å²) in [6.45, 7) is 2.05. The molecule has 4 nitrogen and oxygen atoms in total. The summed E-state index contributed by atoms with van der Waals surface area (Å²) < 4.78 is 1.04. The molecule has 0 atom stereocenters. The Morgan fingerprint density at radius 2 is 1.59 bits per heavy atom. The Balaban J connectivity index is 1.58. The predicted octanol–water partition coefficient (Wildman–Crippen LogP) is 6.07. The van der Waals surface area contributed by atoms with Crippen LogP contribution in [0.5, 0.6) is 0 Å².